The number of ether oxygens (including phenoxy) is 1. The molecular weight excluding hydrogens is 444 g/mol. The molecule has 2 aromatic heterocycles. The molecule has 0 bridgehead atoms. The van der Waals surface area contributed by atoms with Gasteiger partial charge in [0.25, 0.3) is 5.56 Å². The lowest BCUT2D eigenvalue weighted by Crippen LogP contribution is -2.42. The summed E-state index contributed by atoms with van der Waals surface area (Å²) < 4.78 is 7.63. The first-order valence-corrected chi connectivity index (χ1v) is 10.6. The number of nitrogens with zero attached hydrogens (tertiary/aromatic N) is 3. The summed E-state index contributed by atoms with van der Waals surface area (Å²) in [6, 6.07) is 17.6. The third-order valence-electron chi connectivity index (χ3n) is 5.19. The number of rotatable bonds is 7. The van der Waals surface area contributed by atoms with E-state index in [9.17, 15) is 14.4 Å². The van der Waals surface area contributed by atoms with Gasteiger partial charge in [-0.05, 0) is 42.3 Å². The van der Waals surface area contributed by atoms with Gasteiger partial charge in [-0.15, -0.1) is 0 Å². The third-order valence-corrected chi connectivity index (χ3v) is 5.43. The summed E-state index contributed by atoms with van der Waals surface area (Å²) >= 11 is 6.04. The molecule has 33 heavy (non-hydrogen) atoms. The first-order valence-electron chi connectivity index (χ1n) is 10.2. The predicted octanol–water partition coefficient (Wildman–Crippen LogP) is 3.10. The van der Waals surface area contributed by atoms with Crippen molar-refractivity contribution in [1.82, 2.24) is 14.1 Å². The van der Waals surface area contributed by atoms with Crippen LogP contribution in [0.15, 0.2) is 76.4 Å². The van der Waals surface area contributed by atoms with Crippen molar-refractivity contribution < 1.29 is 9.53 Å². The number of carbonyl (C=O) groups is 1. The standard InChI is InChI=1S/C24H21ClN4O4/c1-33-20-10-9-17(25)14-18(20)27-21(30)15-29-19-8-5-12-26-22(19)23(31)28(24(29)32)13-11-16-6-3-2-4-7-16/h2-10,12,14H,11,13,15H2,1H3,(H,27,30). The fourth-order valence-corrected chi connectivity index (χ4v) is 3.76. The second-order valence-electron chi connectivity index (χ2n) is 7.33. The number of amides is 1. The van der Waals surface area contributed by atoms with Crippen LogP contribution >= 0.6 is 11.6 Å². The van der Waals surface area contributed by atoms with Gasteiger partial charge in [-0.3, -0.25) is 18.7 Å². The molecule has 0 aliphatic heterocycles. The number of hydrogen-bond donors (Lipinski definition) is 1. The Morgan fingerprint density at radius 2 is 1.85 bits per heavy atom. The first-order chi connectivity index (χ1) is 16.0. The van der Waals surface area contributed by atoms with Gasteiger partial charge in [0.2, 0.25) is 5.91 Å². The first kappa shape index (κ1) is 22.3. The molecule has 9 heteroatoms. The van der Waals surface area contributed by atoms with Crippen molar-refractivity contribution in [2.75, 3.05) is 12.4 Å². The summed E-state index contributed by atoms with van der Waals surface area (Å²) in [5.41, 5.74) is 0.712. The van der Waals surface area contributed by atoms with E-state index in [2.05, 4.69) is 10.3 Å². The molecular formula is C24H21ClN4O4. The molecule has 0 spiro atoms. The van der Waals surface area contributed by atoms with E-state index in [1.807, 2.05) is 30.3 Å². The smallest absolute Gasteiger partial charge is 0.332 e. The number of fused-ring (bicyclic) bond motifs is 1. The van der Waals surface area contributed by atoms with Crippen LogP contribution in [-0.2, 0) is 24.3 Å². The lowest BCUT2D eigenvalue weighted by molar-refractivity contribution is -0.116. The number of pyridine rings is 1. The van der Waals surface area contributed by atoms with E-state index in [0.29, 0.717) is 22.9 Å². The minimum Gasteiger partial charge on any atom is -0.495 e. The number of nitrogens with one attached hydrogen (secondary N) is 1. The van der Waals surface area contributed by atoms with E-state index < -0.39 is 17.2 Å². The van der Waals surface area contributed by atoms with Crippen LogP contribution in [0.3, 0.4) is 0 Å². The summed E-state index contributed by atoms with van der Waals surface area (Å²) in [7, 11) is 1.48. The summed E-state index contributed by atoms with van der Waals surface area (Å²) in [6.07, 6.45) is 1.97. The van der Waals surface area contributed by atoms with Gasteiger partial charge >= 0.3 is 5.69 Å². The number of benzene rings is 2. The van der Waals surface area contributed by atoms with Crippen LogP contribution in [0.4, 0.5) is 5.69 Å². The fourth-order valence-electron chi connectivity index (χ4n) is 3.59. The summed E-state index contributed by atoms with van der Waals surface area (Å²) in [4.78, 5) is 43.3. The SMILES string of the molecule is COc1ccc(Cl)cc1NC(=O)Cn1c(=O)n(CCc2ccccc2)c(=O)c2ncccc21. The zero-order valence-corrected chi connectivity index (χ0v) is 18.6. The van der Waals surface area contributed by atoms with Gasteiger partial charge in [0.15, 0.2) is 5.52 Å². The summed E-state index contributed by atoms with van der Waals surface area (Å²) in [5, 5.41) is 3.14. The normalized spacial score (nSPS) is 10.8. The average Bonchev–Trinajstić information content (AvgIpc) is 2.82. The van der Waals surface area contributed by atoms with Gasteiger partial charge in [-0.25, -0.2) is 9.78 Å². The molecule has 4 rings (SSSR count). The number of halogens is 1. The minimum atomic E-state index is -0.579. The van der Waals surface area contributed by atoms with Crippen molar-refractivity contribution in [2.24, 2.45) is 0 Å². The van der Waals surface area contributed by atoms with Crippen molar-refractivity contribution >= 4 is 34.2 Å². The third kappa shape index (κ3) is 4.80. The maximum absolute atomic E-state index is 13.3. The Morgan fingerprint density at radius 3 is 2.61 bits per heavy atom. The molecule has 1 amide bonds. The maximum atomic E-state index is 13.3. The molecule has 0 aliphatic rings. The van der Waals surface area contributed by atoms with Crippen molar-refractivity contribution in [3.05, 3.63) is 98.3 Å². The molecule has 8 nitrogen and oxygen atoms in total. The zero-order valence-electron chi connectivity index (χ0n) is 17.8. The van der Waals surface area contributed by atoms with Crippen LogP contribution in [0.25, 0.3) is 11.0 Å². The van der Waals surface area contributed by atoms with E-state index >= 15 is 0 Å². The Morgan fingerprint density at radius 1 is 1.06 bits per heavy atom. The lowest BCUT2D eigenvalue weighted by atomic mass is 10.1. The monoisotopic (exact) mass is 464 g/mol. The number of aromatic nitrogens is 3. The summed E-state index contributed by atoms with van der Waals surface area (Å²) in [5.74, 6) is -0.0458. The lowest BCUT2D eigenvalue weighted by Gasteiger charge is -2.15. The molecule has 2 aromatic carbocycles. The molecule has 2 heterocycles. The number of anilines is 1. The van der Waals surface area contributed by atoms with Crippen molar-refractivity contribution in [3.8, 4) is 5.75 Å². The second-order valence-corrected chi connectivity index (χ2v) is 7.76. The highest BCUT2D eigenvalue weighted by Gasteiger charge is 2.17. The number of hydrogen-bond acceptors (Lipinski definition) is 5. The van der Waals surface area contributed by atoms with Crippen LogP contribution < -0.4 is 21.3 Å². The molecule has 0 aliphatic carbocycles. The fraction of sp³-hybridized carbons (Fsp3) is 0.167. The molecule has 4 aromatic rings. The molecule has 168 valence electrons. The molecule has 0 saturated heterocycles. The van der Waals surface area contributed by atoms with Gasteiger partial charge < -0.3 is 10.1 Å². The topological polar surface area (TPSA) is 95.2 Å². The molecule has 0 atom stereocenters. The predicted molar refractivity (Wildman–Crippen MR) is 127 cm³/mol. The average molecular weight is 465 g/mol. The quantitative estimate of drug-likeness (QED) is 0.453. The highest BCUT2D eigenvalue weighted by Crippen LogP contribution is 2.27. The van der Waals surface area contributed by atoms with Crippen LogP contribution in [-0.4, -0.2) is 27.1 Å². The molecule has 0 unspecified atom stereocenters. The Labute approximate surface area is 194 Å². The van der Waals surface area contributed by atoms with Crippen LogP contribution in [0.1, 0.15) is 5.56 Å². The van der Waals surface area contributed by atoms with Gasteiger partial charge in [-0.2, -0.15) is 0 Å². The number of methoxy groups -OCH3 is 1. The summed E-state index contributed by atoms with van der Waals surface area (Å²) in [6.45, 7) is -0.153. The van der Waals surface area contributed by atoms with Crippen molar-refractivity contribution in [1.29, 1.82) is 0 Å². The maximum Gasteiger partial charge on any atom is 0.332 e. The van der Waals surface area contributed by atoms with Gasteiger partial charge in [-0.1, -0.05) is 41.9 Å². The number of carbonyl (C=O) groups excluding carboxylic acids is 1. The van der Waals surface area contributed by atoms with E-state index in [0.717, 1.165) is 10.1 Å². The van der Waals surface area contributed by atoms with Crippen LogP contribution in [0, 0.1) is 0 Å². The highest BCUT2D eigenvalue weighted by molar-refractivity contribution is 6.31. The van der Waals surface area contributed by atoms with E-state index in [-0.39, 0.29) is 24.1 Å². The van der Waals surface area contributed by atoms with Gasteiger partial charge in [0.05, 0.1) is 18.3 Å². The Kier molecular flexibility index (Phi) is 6.55. The van der Waals surface area contributed by atoms with Crippen molar-refractivity contribution in [3.63, 3.8) is 0 Å². The minimum absolute atomic E-state index is 0.123. The molecule has 0 radical (unpaired) electrons. The Balaban J connectivity index is 1.69. The van der Waals surface area contributed by atoms with Gasteiger partial charge in [0, 0.05) is 17.8 Å². The largest absolute Gasteiger partial charge is 0.495 e. The van der Waals surface area contributed by atoms with Gasteiger partial charge in [0.1, 0.15) is 12.3 Å². The van der Waals surface area contributed by atoms with Crippen LogP contribution in [0.2, 0.25) is 5.02 Å². The van der Waals surface area contributed by atoms with E-state index in [4.69, 9.17) is 16.3 Å². The van der Waals surface area contributed by atoms with Crippen LogP contribution in [0.5, 0.6) is 5.75 Å². The van der Waals surface area contributed by atoms with Crippen molar-refractivity contribution in [2.45, 2.75) is 19.5 Å². The van der Waals surface area contributed by atoms with E-state index in [1.165, 1.54) is 17.9 Å². The number of aryl methyl sites for hydroxylation is 1. The highest BCUT2D eigenvalue weighted by atomic mass is 35.5. The molecule has 0 saturated carbocycles. The molecule has 0 fully saturated rings. The second kappa shape index (κ2) is 9.70. The molecule has 1 N–H and O–H groups in total. The van der Waals surface area contributed by atoms with E-state index in [1.54, 1.807) is 30.3 Å². The zero-order chi connectivity index (χ0) is 23.4. The Bertz CT molecular complexity index is 1430. The Hall–Kier alpha value is -3.91.